The summed E-state index contributed by atoms with van der Waals surface area (Å²) < 4.78 is 2.37. The second kappa shape index (κ2) is 8.64. The molecule has 0 aliphatic heterocycles. The van der Waals surface area contributed by atoms with E-state index in [-0.39, 0.29) is 24.8 Å². The highest BCUT2D eigenvalue weighted by Crippen LogP contribution is 2.24. The average Bonchev–Trinajstić information content (AvgIpc) is 3.31. The Morgan fingerprint density at radius 3 is 2.60 bits per heavy atom. The van der Waals surface area contributed by atoms with Crippen LogP contribution in [0.3, 0.4) is 0 Å². The van der Waals surface area contributed by atoms with Crippen molar-refractivity contribution in [3.63, 3.8) is 0 Å². The summed E-state index contributed by atoms with van der Waals surface area (Å²) in [7, 11) is 0. The van der Waals surface area contributed by atoms with Gasteiger partial charge in [-0.05, 0) is 36.3 Å². The first-order chi connectivity index (χ1) is 14.5. The van der Waals surface area contributed by atoms with Crippen molar-refractivity contribution in [3.8, 4) is 11.3 Å². The molecule has 0 fully saturated rings. The van der Waals surface area contributed by atoms with Gasteiger partial charge in [-0.15, -0.1) is 11.3 Å². The number of hydrogen-bond donors (Lipinski definition) is 3. The molecule has 0 unspecified atom stereocenters. The number of thiazole rings is 1. The first kappa shape index (κ1) is 20.1. The van der Waals surface area contributed by atoms with Crippen LogP contribution in [-0.4, -0.2) is 21.4 Å². The van der Waals surface area contributed by atoms with Gasteiger partial charge in [-0.25, -0.2) is 0 Å². The molecule has 0 spiro atoms. The quantitative estimate of drug-likeness (QED) is 0.325. The molecule has 2 aromatic carbocycles. The molecule has 8 heteroatoms. The Balaban J connectivity index is 1.38. The van der Waals surface area contributed by atoms with Crippen molar-refractivity contribution in [3.05, 3.63) is 75.2 Å². The van der Waals surface area contributed by atoms with Gasteiger partial charge in [0.1, 0.15) is 6.54 Å². The number of aromatic nitrogens is 2. The van der Waals surface area contributed by atoms with Crippen molar-refractivity contribution in [1.82, 2.24) is 20.4 Å². The molecule has 2 amide bonds. The molecule has 0 aliphatic carbocycles. The van der Waals surface area contributed by atoms with Crippen LogP contribution in [0.4, 0.5) is 0 Å². The number of fused-ring (bicyclic) bond motifs is 1. The predicted octanol–water partition coefficient (Wildman–Crippen LogP) is 4.13. The lowest BCUT2D eigenvalue weighted by molar-refractivity contribution is -0.128. The van der Waals surface area contributed by atoms with Crippen molar-refractivity contribution >= 4 is 46.3 Å². The number of hydrazine groups is 1. The van der Waals surface area contributed by atoms with Gasteiger partial charge in [0.15, 0.2) is 3.95 Å². The molecule has 0 saturated heterocycles. The number of nitrogens with zero attached hydrogens (tertiary/aromatic N) is 1. The molecular weight excluding hydrogens is 416 g/mol. The molecule has 3 N–H and O–H groups in total. The number of aromatic amines is 1. The molecule has 0 atom stereocenters. The minimum atomic E-state index is -0.342. The summed E-state index contributed by atoms with van der Waals surface area (Å²) in [5, 5.41) is 2.93. The third kappa shape index (κ3) is 4.34. The van der Waals surface area contributed by atoms with Crippen LogP contribution < -0.4 is 10.9 Å². The molecule has 4 aromatic rings. The number of carbonyl (C=O) groups excluding carboxylic acids is 2. The summed E-state index contributed by atoms with van der Waals surface area (Å²) in [4.78, 5) is 27.8. The maximum atomic E-state index is 12.4. The van der Waals surface area contributed by atoms with Gasteiger partial charge in [0.05, 0.1) is 12.1 Å². The van der Waals surface area contributed by atoms with Gasteiger partial charge in [-0.2, -0.15) is 0 Å². The normalized spacial score (nSPS) is 10.8. The van der Waals surface area contributed by atoms with E-state index in [1.54, 1.807) is 4.57 Å². The fourth-order valence-corrected chi connectivity index (χ4v) is 4.32. The van der Waals surface area contributed by atoms with Crippen LogP contribution in [0.1, 0.15) is 11.1 Å². The topological polar surface area (TPSA) is 78.9 Å². The van der Waals surface area contributed by atoms with E-state index in [1.807, 2.05) is 67.0 Å². The molecule has 6 nitrogen and oxygen atoms in total. The number of H-pyrrole nitrogens is 1. The first-order valence-electron chi connectivity index (χ1n) is 9.39. The van der Waals surface area contributed by atoms with Crippen LogP contribution in [0, 0.1) is 10.9 Å². The Labute approximate surface area is 182 Å². The Morgan fingerprint density at radius 1 is 1.07 bits per heavy atom. The molecule has 30 heavy (non-hydrogen) atoms. The standard InChI is InChI=1S/C22H20N4O2S2/c1-14-6-8-15(9-7-14)19-13-30-22(29)26(19)12-21(28)25-24-20(27)10-16-11-23-18-5-3-2-4-17(16)18/h2-9,11,13,23H,10,12H2,1H3,(H,24,27)(H,25,28). The monoisotopic (exact) mass is 436 g/mol. The minimum Gasteiger partial charge on any atom is -0.361 e. The molecule has 0 aliphatic rings. The van der Waals surface area contributed by atoms with Crippen molar-refractivity contribution in [2.75, 3.05) is 0 Å². The summed E-state index contributed by atoms with van der Waals surface area (Å²) in [5.41, 5.74) is 9.85. The fourth-order valence-electron chi connectivity index (χ4n) is 3.25. The lowest BCUT2D eigenvalue weighted by Gasteiger charge is -2.11. The summed E-state index contributed by atoms with van der Waals surface area (Å²) in [6.07, 6.45) is 1.97. The number of aryl methyl sites for hydroxylation is 1. The number of benzene rings is 2. The largest absolute Gasteiger partial charge is 0.361 e. The van der Waals surface area contributed by atoms with Gasteiger partial charge in [-0.1, -0.05) is 48.0 Å². The van der Waals surface area contributed by atoms with E-state index in [9.17, 15) is 9.59 Å². The Bertz CT molecular complexity index is 1270. The van der Waals surface area contributed by atoms with E-state index < -0.39 is 0 Å². The van der Waals surface area contributed by atoms with Crippen molar-refractivity contribution in [2.45, 2.75) is 19.9 Å². The summed E-state index contributed by atoms with van der Waals surface area (Å²) >= 11 is 6.79. The Kier molecular flexibility index (Phi) is 5.78. The summed E-state index contributed by atoms with van der Waals surface area (Å²) in [6, 6.07) is 15.8. The third-order valence-corrected chi connectivity index (χ3v) is 6.07. The van der Waals surface area contributed by atoms with Crippen molar-refractivity contribution in [1.29, 1.82) is 0 Å². The molecule has 0 saturated carbocycles. The van der Waals surface area contributed by atoms with Crippen LogP contribution in [0.15, 0.2) is 60.1 Å². The lowest BCUT2D eigenvalue weighted by Crippen LogP contribution is -2.43. The number of para-hydroxylation sites is 1. The second-order valence-corrected chi connectivity index (χ2v) is 8.47. The van der Waals surface area contributed by atoms with Gasteiger partial charge in [0.25, 0.3) is 5.91 Å². The van der Waals surface area contributed by atoms with Crippen molar-refractivity contribution in [2.24, 2.45) is 0 Å². The van der Waals surface area contributed by atoms with E-state index >= 15 is 0 Å². The maximum Gasteiger partial charge on any atom is 0.258 e. The zero-order chi connectivity index (χ0) is 21.1. The highest BCUT2D eigenvalue weighted by atomic mass is 32.1. The maximum absolute atomic E-state index is 12.4. The van der Waals surface area contributed by atoms with Gasteiger partial charge in [0, 0.05) is 22.5 Å². The highest BCUT2D eigenvalue weighted by Gasteiger charge is 2.13. The van der Waals surface area contributed by atoms with Gasteiger partial charge in [0.2, 0.25) is 5.91 Å². The van der Waals surface area contributed by atoms with E-state index in [1.165, 1.54) is 11.3 Å². The number of carbonyl (C=O) groups is 2. The second-order valence-electron chi connectivity index (χ2n) is 6.97. The molecule has 4 rings (SSSR count). The average molecular weight is 437 g/mol. The molecule has 0 radical (unpaired) electrons. The third-order valence-electron chi connectivity index (χ3n) is 4.80. The van der Waals surface area contributed by atoms with Crippen LogP contribution in [-0.2, 0) is 22.6 Å². The van der Waals surface area contributed by atoms with E-state index in [0.29, 0.717) is 3.95 Å². The van der Waals surface area contributed by atoms with Gasteiger partial charge >= 0.3 is 0 Å². The van der Waals surface area contributed by atoms with Crippen LogP contribution in [0.25, 0.3) is 22.2 Å². The fraction of sp³-hybridized carbons (Fsp3) is 0.136. The number of hydrogen-bond acceptors (Lipinski definition) is 4. The Hall–Kier alpha value is -3.23. The van der Waals surface area contributed by atoms with Gasteiger partial charge in [-0.3, -0.25) is 20.4 Å². The minimum absolute atomic E-state index is 0.0267. The highest BCUT2D eigenvalue weighted by molar-refractivity contribution is 7.73. The predicted molar refractivity (Wildman–Crippen MR) is 122 cm³/mol. The molecule has 2 heterocycles. The van der Waals surface area contributed by atoms with E-state index in [2.05, 4.69) is 15.8 Å². The SMILES string of the molecule is Cc1ccc(-c2csc(=S)n2CC(=O)NNC(=O)Cc2c[nH]c3ccccc23)cc1. The summed E-state index contributed by atoms with van der Waals surface area (Å²) in [5.74, 6) is -0.633. The number of rotatable bonds is 5. The summed E-state index contributed by atoms with van der Waals surface area (Å²) in [6.45, 7) is 2.05. The van der Waals surface area contributed by atoms with Gasteiger partial charge < -0.3 is 9.55 Å². The van der Waals surface area contributed by atoms with E-state index in [4.69, 9.17) is 12.2 Å². The van der Waals surface area contributed by atoms with Crippen LogP contribution >= 0.6 is 23.6 Å². The molecule has 2 aromatic heterocycles. The Morgan fingerprint density at radius 2 is 1.80 bits per heavy atom. The van der Waals surface area contributed by atoms with Crippen LogP contribution in [0.2, 0.25) is 0 Å². The zero-order valence-electron chi connectivity index (χ0n) is 16.3. The first-order valence-corrected chi connectivity index (χ1v) is 10.7. The van der Waals surface area contributed by atoms with Crippen LogP contribution in [0.5, 0.6) is 0 Å². The molecular formula is C22H20N4O2S2. The molecule has 0 bridgehead atoms. The van der Waals surface area contributed by atoms with E-state index in [0.717, 1.165) is 33.3 Å². The number of amides is 2. The smallest absolute Gasteiger partial charge is 0.258 e. The number of nitrogens with one attached hydrogen (secondary N) is 3. The lowest BCUT2D eigenvalue weighted by atomic mass is 10.1. The molecule has 152 valence electrons. The zero-order valence-corrected chi connectivity index (χ0v) is 17.9. The van der Waals surface area contributed by atoms with Crippen molar-refractivity contribution < 1.29 is 9.59 Å².